The predicted molar refractivity (Wildman–Crippen MR) is 103 cm³/mol. The van der Waals surface area contributed by atoms with E-state index in [-0.39, 0.29) is 34.2 Å². The van der Waals surface area contributed by atoms with Crippen molar-refractivity contribution in [2.24, 2.45) is 28.6 Å². The predicted octanol–water partition coefficient (Wildman–Crippen LogP) is 3.32. The molecule has 5 rings (SSSR count). The quantitative estimate of drug-likeness (QED) is 0.585. The molecule has 5 aliphatic rings. The first-order valence-electron chi connectivity index (χ1n) is 11.0. The summed E-state index contributed by atoms with van der Waals surface area (Å²) in [6.45, 7) is 4.69. The maximum Gasteiger partial charge on any atom is 0.306 e. The molecule has 152 valence electrons. The number of fused-ring (bicyclic) bond motifs is 6. The molecule has 0 aromatic carbocycles. The Morgan fingerprint density at radius 2 is 1.86 bits per heavy atom. The zero-order valence-electron chi connectivity index (χ0n) is 17.0. The summed E-state index contributed by atoms with van der Waals surface area (Å²) >= 11 is 0. The highest BCUT2D eigenvalue weighted by molar-refractivity contribution is 5.91. The lowest BCUT2D eigenvalue weighted by Gasteiger charge is -2.61. The van der Waals surface area contributed by atoms with Crippen molar-refractivity contribution in [3.63, 3.8) is 0 Å². The zero-order chi connectivity index (χ0) is 19.7. The molecule has 1 saturated heterocycles. The standard InChI is InChI=1S/C23H31NO4/c1-21-7-3-15(26)11-14(21)12-18(24-13-25)20-16(21)4-8-22(2)17(20)5-9-23(22)10-6-19(27)28-23/h11,13,16-18,20H,3-10,12H2,1-2H3,(H,24,25)/t16-,17-,18+,20+,21-,22-,23+/m0/s1. The Hall–Kier alpha value is -1.65. The minimum atomic E-state index is -0.301. The zero-order valence-corrected chi connectivity index (χ0v) is 17.0. The van der Waals surface area contributed by atoms with E-state index in [1.807, 2.05) is 6.08 Å². The first-order chi connectivity index (χ1) is 13.3. The summed E-state index contributed by atoms with van der Waals surface area (Å²) in [5.74, 6) is 1.50. The second-order valence-electron chi connectivity index (χ2n) is 10.4. The van der Waals surface area contributed by atoms with Crippen molar-refractivity contribution in [2.75, 3.05) is 0 Å². The van der Waals surface area contributed by atoms with Crippen LogP contribution in [0.5, 0.6) is 0 Å². The molecule has 0 aromatic heterocycles. The van der Waals surface area contributed by atoms with Gasteiger partial charge < -0.3 is 10.1 Å². The highest BCUT2D eigenvalue weighted by Crippen LogP contribution is 2.69. The molecule has 0 aromatic rings. The van der Waals surface area contributed by atoms with E-state index in [0.717, 1.165) is 51.4 Å². The molecule has 1 amide bonds. The topological polar surface area (TPSA) is 72.5 Å². The van der Waals surface area contributed by atoms with Gasteiger partial charge in [0.15, 0.2) is 5.78 Å². The SMILES string of the molecule is C[C@]12CCC(=O)C=C1C[C@@H](NC=O)[C@@H]1[C@@H]2CC[C@@]2(C)[C@H]1CC[C@@]21CCC(=O)O1. The Morgan fingerprint density at radius 1 is 1.07 bits per heavy atom. The Labute approximate surface area is 166 Å². The van der Waals surface area contributed by atoms with Gasteiger partial charge in [-0.3, -0.25) is 14.4 Å². The van der Waals surface area contributed by atoms with Crippen molar-refractivity contribution >= 4 is 18.2 Å². The number of hydrogen-bond acceptors (Lipinski definition) is 4. The van der Waals surface area contributed by atoms with Crippen molar-refractivity contribution in [1.82, 2.24) is 5.32 Å². The molecule has 0 bridgehead atoms. The maximum absolute atomic E-state index is 12.1. The fourth-order valence-corrected chi connectivity index (χ4v) is 8.12. The molecular weight excluding hydrogens is 354 g/mol. The summed E-state index contributed by atoms with van der Waals surface area (Å²) in [5, 5.41) is 3.13. The molecule has 1 aliphatic heterocycles. The highest BCUT2D eigenvalue weighted by atomic mass is 16.6. The van der Waals surface area contributed by atoms with Gasteiger partial charge in [0.1, 0.15) is 5.60 Å². The summed E-state index contributed by atoms with van der Waals surface area (Å²) < 4.78 is 6.02. The smallest absolute Gasteiger partial charge is 0.306 e. The molecule has 4 aliphatic carbocycles. The van der Waals surface area contributed by atoms with Crippen LogP contribution in [0.15, 0.2) is 11.6 Å². The Morgan fingerprint density at radius 3 is 2.57 bits per heavy atom. The van der Waals surface area contributed by atoms with Crippen LogP contribution in [0.4, 0.5) is 0 Å². The van der Waals surface area contributed by atoms with Crippen molar-refractivity contribution in [3.8, 4) is 0 Å². The summed E-state index contributed by atoms with van der Waals surface area (Å²) in [6, 6.07) is 0.0737. The number of hydrogen-bond donors (Lipinski definition) is 1. The molecule has 4 fully saturated rings. The molecule has 28 heavy (non-hydrogen) atoms. The van der Waals surface area contributed by atoms with Gasteiger partial charge in [-0.05, 0) is 74.2 Å². The van der Waals surface area contributed by atoms with E-state index in [0.29, 0.717) is 30.6 Å². The molecular formula is C23H31NO4. The fraction of sp³-hybridized carbons (Fsp3) is 0.783. The van der Waals surface area contributed by atoms with Gasteiger partial charge in [-0.2, -0.15) is 0 Å². The molecule has 1 N–H and O–H groups in total. The van der Waals surface area contributed by atoms with E-state index >= 15 is 0 Å². The van der Waals surface area contributed by atoms with Gasteiger partial charge in [0.05, 0.1) is 0 Å². The summed E-state index contributed by atoms with van der Waals surface area (Å²) in [4.78, 5) is 35.6. The van der Waals surface area contributed by atoms with Crippen molar-refractivity contribution in [3.05, 3.63) is 11.6 Å². The fourth-order valence-electron chi connectivity index (χ4n) is 8.12. The summed E-state index contributed by atoms with van der Waals surface area (Å²) in [7, 11) is 0. The molecule has 0 radical (unpaired) electrons. The Kier molecular flexibility index (Phi) is 3.89. The maximum atomic E-state index is 12.1. The number of nitrogens with one attached hydrogen (secondary N) is 1. The number of esters is 1. The molecule has 5 nitrogen and oxygen atoms in total. The first kappa shape index (κ1) is 18.4. The van der Waals surface area contributed by atoms with E-state index in [4.69, 9.17) is 4.74 Å². The van der Waals surface area contributed by atoms with E-state index in [9.17, 15) is 14.4 Å². The highest BCUT2D eigenvalue weighted by Gasteiger charge is 2.68. The third kappa shape index (κ3) is 2.22. The van der Waals surface area contributed by atoms with Crippen LogP contribution < -0.4 is 5.32 Å². The monoisotopic (exact) mass is 385 g/mol. The average molecular weight is 386 g/mol. The molecule has 7 atom stereocenters. The number of rotatable bonds is 2. The average Bonchev–Trinajstić information content (AvgIpc) is 3.18. The van der Waals surface area contributed by atoms with Gasteiger partial charge in [-0.1, -0.05) is 19.4 Å². The lowest BCUT2D eigenvalue weighted by molar-refractivity contribution is -0.169. The van der Waals surface area contributed by atoms with E-state index in [1.54, 1.807) is 0 Å². The minimum Gasteiger partial charge on any atom is -0.458 e. The Bertz CT molecular complexity index is 775. The minimum absolute atomic E-state index is 0.00873. The molecule has 5 heteroatoms. The van der Waals surface area contributed by atoms with Gasteiger partial charge in [0.2, 0.25) is 6.41 Å². The van der Waals surface area contributed by atoms with Crippen LogP contribution in [0.2, 0.25) is 0 Å². The summed E-state index contributed by atoms with van der Waals surface area (Å²) in [5.41, 5.74) is 0.993. The number of amides is 1. The molecule has 1 heterocycles. The molecule has 1 spiro atoms. The third-order valence-corrected chi connectivity index (χ3v) is 9.63. The Balaban J connectivity index is 1.55. The molecule has 3 saturated carbocycles. The number of ketones is 1. The van der Waals surface area contributed by atoms with Gasteiger partial charge in [-0.25, -0.2) is 0 Å². The van der Waals surface area contributed by atoms with Crippen LogP contribution in [-0.4, -0.2) is 29.8 Å². The largest absolute Gasteiger partial charge is 0.458 e. The van der Waals surface area contributed by atoms with E-state index in [1.165, 1.54) is 5.57 Å². The van der Waals surface area contributed by atoms with E-state index < -0.39 is 0 Å². The second-order valence-corrected chi connectivity index (χ2v) is 10.4. The number of carbonyl (C=O) groups is 3. The van der Waals surface area contributed by atoms with Crippen molar-refractivity contribution < 1.29 is 19.1 Å². The van der Waals surface area contributed by atoms with Crippen molar-refractivity contribution in [1.29, 1.82) is 0 Å². The third-order valence-electron chi connectivity index (χ3n) is 9.63. The van der Waals surface area contributed by atoms with Gasteiger partial charge in [-0.15, -0.1) is 0 Å². The number of carbonyl (C=O) groups excluding carboxylic acids is 3. The summed E-state index contributed by atoms with van der Waals surface area (Å²) in [6.07, 6.45) is 10.6. The van der Waals surface area contributed by atoms with Gasteiger partial charge >= 0.3 is 5.97 Å². The van der Waals surface area contributed by atoms with E-state index in [2.05, 4.69) is 19.2 Å². The lowest BCUT2D eigenvalue weighted by atomic mass is 9.45. The van der Waals surface area contributed by atoms with Crippen LogP contribution >= 0.6 is 0 Å². The van der Waals surface area contributed by atoms with Gasteiger partial charge in [0.25, 0.3) is 0 Å². The van der Waals surface area contributed by atoms with Crippen LogP contribution in [0.3, 0.4) is 0 Å². The first-order valence-corrected chi connectivity index (χ1v) is 11.0. The lowest BCUT2D eigenvalue weighted by Crippen LogP contribution is -2.60. The van der Waals surface area contributed by atoms with Gasteiger partial charge in [0, 0.05) is 24.3 Å². The van der Waals surface area contributed by atoms with Crippen LogP contribution in [0.1, 0.15) is 71.6 Å². The molecule has 0 unspecified atom stereocenters. The second kappa shape index (κ2) is 5.93. The van der Waals surface area contributed by atoms with Crippen LogP contribution in [-0.2, 0) is 19.1 Å². The van der Waals surface area contributed by atoms with Crippen LogP contribution in [0.25, 0.3) is 0 Å². The number of ether oxygens (including phenoxy) is 1. The normalized spacial score (nSPS) is 49.7. The van der Waals surface area contributed by atoms with Crippen molar-refractivity contribution in [2.45, 2.75) is 83.3 Å². The van der Waals surface area contributed by atoms with Crippen LogP contribution in [0, 0.1) is 28.6 Å².